The highest BCUT2D eigenvalue weighted by Gasteiger charge is 2.44. The first-order valence-corrected chi connectivity index (χ1v) is 14.2. The normalized spacial score (nSPS) is 16.4. The molecule has 1 heterocycles. The highest BCUT2D eigenvalue weighted by atomic mass is 31.2. The fourth-order valence-corrected chi connectivity index (χ4v) is 4.86. The number of anilines is 1. The number of nitrogens with one attached hydrogen (secondary N) is 1. The second-order valence-corrected chi connectivity index (χ2v) is 11.3. The van der Waals surface area contributed by atoms with Gasteiger partial charge in [-0.1, -0.05) is 32.0 Å². The van der Waals surface area contributed by atoms with Crippen LogP contribution in [0, 0.1) is 17.2 Å². The Labute approximate surface area is 241 Å². The first-order chi connectivity index (χ1) is 19.2. The number of carbonyl (C=O) groups is 1. The first kappa shape index (κ1) is 36.3. The SMILES string of the molecule is CC(C)OC(=O)C(C)NP(OCC(C)(C(C)CO)C(F)C(C)n1cc(F)c(N)nc1=O)Oc1ccccc1.COC. The van der Waals surface area contributed by atoms with E-state index in [2.05, 4.69) is 14.8 Å². The lowest BCUT2D eigenvalue weighted by molar-refractivity contribution is -0.149. The molecule has 0 fully saturated rings. The van der Waals surface area contributed by atoms with Crippen LogP contribution in [0.1, 0.15) is 47.6 Å². The van der Waals surface area contributed by atoms with Gasteiger partial charge in [0.05, 0.1) is 18.8 Å². The van der Waals surface area contributed by atoms with Gasteiger partial charge >= 0.3 is 20.2 Å². The van der Waals surface area contributed by atoms with Gasteiger partial charge in [-0.2, -0.15) is 4.98 Å². The molecular formula is C27H43F2N4O7P. The number of rotatable bonds is 14. The average Bonchev–Trinajstić information content (AvgIpc) is 2.92. The number of hydrogen-bond acceptors (Lipinski definition) is 10. The number of esters is 1. The van der Waals surface area contributed by atoms with Crippen LogP contribution in [0.2, 0.25) is 0 Å². The molecule has 14 heteroatoms. The quantitative estimate of drug-likeness (QED) is 0.213. The Bertz CT molecular complexity index is 1130. The number of para-hydroxylation sites is 1. The number of benzene rings is 1. The lowest BCUT2D eigenvalue weighted by Gasteiger charge is -2.40. The summed E-state index contributed by atoms with van der Waals surface area (Å²) in [6.07, 6.45) is -1.32. The van der Waals surface area contributed by atoms with Gasteiger partial charge in [-0.25, -0.2) is 18.7 Å². The lowest BCUT2D eigenvalue weighted by atomic mass is 9.73. The molecule has 0 radical (unpaired) electrons. The zero-order chi connectivity index (χ0) is 31.3. The highest BCUT2D eigenvalue weighted by molar-refractivity contribution is 7.45. The molecule has 0 saturated heterocycles. The van der Waals surface area contributed by atoms with E-state index in [9.17, 15) is 19.1 Å². The van der Waals surface area contributed by atoms with Crippen molar-refractivity contribution in [1.29, 1.82) is 0 Å². The van der Waals surface area contributed by atoms with Gasteiger partial charge in [-0.05, 0) is 45.7 Å². The van der Waals surface area contributed by atoms with E-state index in [0.29, 0.717) is 5.75 Å². The number of aliphatic hydroxyl groups excluding tert-OH is 1. The van der Waals surface area contributed by atoms with Gasteiger partial charge in [0, 0.05) is 32.4 Å². The molecule has 0 aliphatic carbocycles. The van der Waals surface area contributed by atoms with Crippen molar-refractivity contribution in [3.05, 3.63) is 52.8 Å². The molecule has 6 unspecified atom stereocenters. The Morgan fingerprint density at radius 3 is 2.32 bits per heavy atom. The average molecular weight is 605 g/mol. The molecular weight excluding hydrogens is 561 g/mol. The maximum Gasteiger partial charge on any atom is 0.350 e. The fourth-order valence-electron chi connectivity index (χ4n) is 3.55. The second kappa shape index (κ2) is 17.3. The molecule has 0 amide bonds. The number of hydrogen-bond donors (Lipinski definition) is 3. The summed E-state index contributed by atoms with van der Waals surface area (Å²) in [6, 6.07) is 6.72. The molecule has 1 aromatic carbocycles. The van der Waals surface area contributed by atoms with E-state index in [4.69, 9.17) is 19.5 Å². The minimum absolute atomic E-state index is 0.280. The van der Waals surface area contributed by atoms with Crippen LogP contribution in [-0.2, 0) is 18.8 Å². The van der Waals surface area contributed by atoms with Crippen molar-refractivity contribution in [3.63, 3.8) is 0 Å². The van der Waals surface area contributed by atoms with Gasteiger partial charge in [-0.3, -0.25) is 9.36 Å². The number of nitrogens with two attached hydrogens (primary N) is 1. The van der Waals surface area contributed by atoms with E-state index < -0.39 is 68.0 Å². The first-order valence-electron chi connectivity index (χ1n) is 13.0. The minimum atomic E-state index is -2.00. The molecule has 11 nitrogen and oxygen atoms in total. The third kappa shape index (κ3) is 10.9. The zero-order valence-electron chi connectivity index (χ0n) is 24.8. The van der Waals surface area contributed by atoms with E-state index in [-0.39, 0.29) is 12.7 Å². The van der Waals surface area contributed by atoms with Crippen LogP contribution in [0.25, 0.3) is 0 Å². The van der Waals surface area contributed by atoms with Gasteiger partial charge in [0.25, 0.3) is 0 Å². The van der Waals surface area contributed by atoms with Crippen molar-refractivity contribution < 1.29 is 37.2 Å². The molecule has 0 saturated carbocycles. The lowest BCUT2D eigenvalue weighted by Crippen LogP contribution is -2.47. The number of nitrogens with zero attached hydrogens (tertiary/aromatic N) is 2. The summed E-state index contributed by atoms with van der Waals surface area (Å²) < 4.78 is 52.4. The fraction of sp³-hybridized carbons (Fsp3) is 0.593. The van der Waals surface area contributed by atoms with Crippen LogP contribution in [0.3, 0.4) is 0 Å². The van der Waals surface area contributed by atoms with Crippen LogP contribution >= 0.6 is 8.53 Å². The largest absolute Gasteiger partial charge is 0.462 e. The van der Waals surface area contributed by atoms with Gasteiger partial charge < -0.3 is 29.4 Å². The molecule has 6 atom stereocenters. The number of halogens is 2. The molecule has 0 aliphatic heterocycles. The molecule has 1 aromatic heterocycles. The Morgan fingerprint density at radius 1 is 1.20 bits per heavy atom. The Hall–Kier alpha value is -2.70. The molecule has 232 valence electrons. The van der Waals surface area contributed by atoms with E-state index in [1.54, 1.807) is 79.2 Å². The van der Waals surface area contributed by atoms with Gasteiger partial charge in [0.15, 0.2) is 11.6 Å². The number of carbonyl (C=O) groups excluding carboxylic acids is 1. The number of ether oxygens (including phenoxy) is 2. The van der Waals surface area contributed by atoms with Crippen molar-refractivity contribution >= 4 is 20.3 Å². The summed E-state index contributed by atoms with van der Waals surface area (Å²) >= 11 is 0. The zero-order valence-corrected chi connectivity index (χ0v) is 25.7. The number of methoxy groups -OCH3 is 1. The predicted molar refractivity (Wildman–Crippen MR) is 154 cm³/mol. The van der Waals surface area contributed by atoms with Crippen LogP contribution < -0.4 is 21.0 Å². The topological polar surface area (TPSA) is 147 Å². The second-order valence-electron chi connectivity index (χ2n) is 10.1. The summed E-state index contributed by atoms with van der Waals surface area (Å²) in [6.45, 7) is 8.94. The maximum absolute atomic E-state index is 16.1. The maximum atomic E-state index is 16.1. The molecule has 2 rings (SSSR count). The van der Waals surface area contributed by atoms with Gasteiger partial charge in [0.2, 0.25) is 0 Å². The Kier molecular flexibility index (Phi) is 15.3. The van der Waals surface area contributed by atoms with Crippen molar-refractivity contribution in [2.24, 2.45) is 11.3 Å². The van der Waals surface area contributed by atoms with E-state index >= 15 is 4.39 Å². The monoisotopic (exact) mass is 604 g/mol. The molecule has 0 spiro atoms. The highest BCUT2D eigenvalue weighted by Crippen LogP contribution is 2.44. The predicted octanol–water partition coefficient (Wildman–Crippen LogP) is 4.01. The number of nitrogen functional groups attached to an aromatic ring is 1. The van der Waals surface area contributed by atoms with Crippen LogP contribution in [-0.4, -0.2) is 66.4 Å². The molecule has 4 N–H and O–H groups in total. The summed E-state index contributed by atoms with van der Waals surface area (Å²) in [4.78, 5) is 28.1. The third-order valence-corrected chi connectivity index (χ3v) is 7.59. The minimum Gasteiger partial charge on any atom is -0.462 e. The third-order valence-electron chi connectivity index (χ3n) is 6.25. The standard InChI is InChI=1S/C25H37F2N4O6P.C2H6O/c1-15(2)36-23(33)17(4)30-38(37-19-10-8-7-9-11-19)35-14-25(6,16(3)13-32)21(27)18(5)31-12-20(26)22(28)29-24(31)34;1-3-2/h7-12,15-18,21,30,32H,13-14H2,1-6H3,(H2,28,29,34);1-2H3. The van der Waals surface area contributed by atoms with Crippen molar-refractivity contribution in [3.8, 4) is 5.75 Å². The molecule has 2 aromatic rings. The molecule has 0 aliphatic rings. The van der Waals surface area contributed by atoms with Crippen LogP contribution in [0.15, 0.2) is 41.3 Å². The van der Waals surface area contributed by atoms with E-state index in [0.717, 1.165) is 10.8 Å². The van der Waals surface area contributed by atoms with Gasteiger partial charge in [-0.15, -0.1) is 0 Å². The Morgan fingerprint density at radius 2 is 1.78 bits per heavy atom. The summed E-state index contributed by atoms with van der Waals surface area (Å²) in [5.41, 5.74) is 3.07. The van der Waals surface area contributed by atoms with Crippen molar-refractivity contribution in [1.82, 2.24) is 14.6 Å². The number of aromatic nitrogens is 2. The van der Waals surface area contributed by atoms with E-state index in [1.165, 1.54) is 6.92 Å². The summed E-state index contributed by atoms with van der Waals surface area (Å²) in [7, 11) is 1.25. The van der Waals surface area contributed by atoms with Crippen molar-refractivity contribution in [2.45, 2.75) is 65.9 Å². The van der Waals surface area contributed by atoms with Crippen molar-refractivity contribution in [2.75, 3.05) is 33.2 Å². The Balaban J connectivity index is 0.00000268. The van der Waals surface area contributed by atoms with Crippen LogP contribution in [0.5, 0.6) is 5.75 Å². The summed E-state index contributed by atoms with van der Waals surface area (Å²) in [5.74, 6) is -2.26. The number of aliphatic hydroxyl groups is 1. The molecule has 41 heavy (non-hydrogen) atoms. The smallest absolute Gasteiger partial charge is 0.350 e. The molecule has 0 bridgehead atoms. The number of alkyl halides is 1. The van der Waals surface area contributed by atoms with E-state index in [1.807, 2.05) is 0 Å². The summed E-state index contributed by atoms with van der Waals surface area (Å²) in [5, 5.41) is 12.9. The van der Waals surface area contributed by atoms with Gasteiger partial charge in [0.1, 0.15) is 18.0 Å². The van der Waals surface area contributed by atoms with Crippen LogP contribution in [0.4, 0.5) is 14.6 Å².